The van der Waals surface area contributed by atoms with E-state index >= 15 is 0 Å². The Morgan fingerprint density at radius 1 is 0.946 bits per heavy atom. The third-order valence-corrected chi connectivity index (χ3v) is 6.58. The second kappa shape index (κ2) is 9.81. The van der Waals surface area contributed by atoms with Crippen LogP contribution in [-0.4, -0.2) is 38.3 Å². The molecule has 2 aromatic carbocycles. The summed E-state index contributed by atoms with van der Waals surface area (Å²) in [5, 5.41) is 19.1. The third-order valence-electron chi connectivity index (χ3n) is 6.58. The Hall–Kier alpha value is -4.60. The number of rotatable bonds is 6. The molecule has 1 saturated heterocycles. The Kier molecular flexibility index (Phi) is 6.39. The lowest BCUT2D eigenvalue weighted by molar-refractivity contribution is -0.122. The maximum atomic E-state index is 13.2. The SMILES string of the molecule is Cc1nn(-c2ccc(Nc3ccc(NC(=O)C4CC(=O)N(c5ccc(F)cc5)C4)cc3)nn2)c(C)c1C. The first kappa shape index (κ1) is 24.1. The zero-order valence-electron chi connectivity index (χ0n) is 20.7. The minimum atomic E-state index is -0.491. The van der Waals surface area contributed by atoms with E-state index in [9.17, 15) is 14.0 Å². The molecular formula is C27H26FN7O2. The van der Waals surface area contributed by atoms with E-state index in [0.29, 0.717) is 23.0 Å². The molecule has 1 aliphatic rings. The van der Waals surface area contributed by atoms with Crippen LogP contribution in [-0.2, 0) is 9.59 Å². The van der Waals surface area contributed by atoms with Gasteiger partial charge in [0.25, 0.3) is 0 Å². The van der Waals surface area contributed by atoms with Gasteiger partial charge in [-0.25, -0.2) is 9.07 Å². The fourth-order valence-electron chi connectivity index (χ4n) is 4.23. The molecule has 2 N–H and O–H groups in total. The smallest absolute Gasteiger partial charge is 0.229 e. The largest absolute Gasteiger partial charge is 0.339 e. The fourth-order valence-corrected chi connectivity index (χ4v) is 4.23. The molecule has 5 rings (SSSR count). The van der Waals surface area contributed by atoms with E-state index in [4.69, 9.17) is 0 Å². The van der Waals surface area contributed by atoms with Gasteiger partial charge in [-0.1, -0.05) is 0 Å². The molecule has 188 valence electrons. The van der Waals surface area contributed by atoms with Crippen molar-refractivity contribution in [2.45, 2.75) is 27.2 Å². The Morgan fingerprint density at radius 3 is 2.27 bits per heavy atom. The maximum Gasteiger partial charge on any atom is 0.229 e. The molecule has 0 saturated carbocycles. The van der Waals surface area contributed by atoms with Gasteiger partial charge in [-0.3, -0.25) is 9.59 Å². The van der Waals surface area contributed by atoms with E-state index < -0.39 is 5.92 Å². The van der Waals surface area contributed by atoms with Gasteiger partial charge in [0.05, 0.1) is 11.6 Å². The number of nitrogens with one attached hydrogen (secondary N) is 2. The molecule has 1 aliphatic heterocycles. The fraction of sp³-hybridized carbons (Fsp3) is 0.222. The van der Waals surface area contributed by atoms with Gasteiger partial charge in [-0.2, -0.15) is 5.10 Å². The van der Waals surface area contributed by atoms with Crippen molar-refractivity contribution in [2.24, 2.45) is 5.92 Å². The number of amides is 2. The summed E-state index contributed by atoms with van der Waals surface area (Å²) in [6, 6.07) is 16.5. The molecule has 37 heavy (non-hydrogen) atoms. The molecule has 1 unspecified atom stereocenters. The molecule has 0 bridgehead atoms. The molecular weight excluding hydrogens is 473 g/mol. The highest BCUT2D eigenvalue weighted by Crippen LogP contribution is 2.27. The summed E-state index contributed by atoms with van der Waals surface area (Å²) in [4.78, 5) is 26.7. The van der Waals surface area contributed by atoms with Crippen molar-refractivity contribution in [2.75, 3.05) is 22.1 Å². The van der Waals surface area contributed by atoms with Crippen LogP contribution in [0.2, 0.25) is 0 Å². The van der Waals surface area contributed by atoms with Crippen LogP contribution in [0.4, 0.5) is 27.3 Å². The summed E-state index contributed by atoms with van der Waals surface area (Å²) >= 11 is 0. The average molecular weight is 500 g/mol. The molecule has 2 amide bonds. The summed E-state index contributed by atoms with van der Waals surface area (Å²) in [6.07, 6.45) is 0.106. The lowest BCUT2D eigenvalue weighted by Gasteiger charge is -2.16. The van der Waals surface area contributed by atoms with E-state index in [1.807, 2.05) is 45.0 Å². The van der Waals surface area contributed by atoms with E-state index in [-0.39, 0.29) is 30.6 Å². The van der Waals surface area contributed by atoms with E-state index in [0.717, 1.165) is 22.6 Å². The predicted molar refractivity (Wildman–Crippen MR) is 139 cm³/mol. The number of aryl methyl sites for hydroxylation is 1. The first-order valence-electron chi connectivity index (χ1n) is 11.9. The Bertz CT molecular complexity index is 1450. The first-order chi connectivity index (χ1) is 17.8. The lowest BCUT2D eigenvalue weighted by atomic mass is 10.1. The molecule has 10 heteroatoms. The van der Waals surface area contributed by atoms with E-state index in [1.165, 1.54) is 29.2 Å². The van der Waals surface area contributed by atoms with Crippen LogP contribution in [0.25, 0.3) is 5.82 Å². The summed E-state index contributed by atoms with van der Waals surface area (Å²) in [5.41, 5.74) is 5.08. The molecule has 1 fully saturated rings. The summed E-state index contributed by atoms with van der Waals surface area (Å²) in [6.45, 7) is 6.24. The van der Waals surface area contributed by atoms with Gasteiger partial charge >= 0.3 is 0 Å². The van der Waals surface area contributed by atoms with Gasteiger partial charge < -0.3 is 15.5 Å². The minimum Gasteiger partial charge on any atom is -0.339 e. The average Bonchev–Trinajstić information content (AvgIpc) is 3.41. The minimum absolute atomic E-state index is 0.106. The van der Waals surface area contributed by atoms with Crippen LogP contribution in [0.15, 0.2) is 60.7 Å². The molecule has 3 heterocycles. The van der Waals surface area contributed by atoms with Crippen molar-refractivity contribution in [1.29, 1.82) is 0 Å². The van der Waals surface area contributed by atoms with Crippen molar-refractivity contribution in [3.05, 3.63) is 83.4 Å². The third kappa shape index (κ3) is 5.04. The zero-order valence-corrected chi connectivity index (χ0v) is 20.7. The Morgan fingerprint density at radius 2 is 1.65 bits per heavy atom. The summed E-state index contributed by atoms with van der Waals surface area (Å²) in [7, 11) is 0. The molecule has 0 spiro atoms. The number of anilines is 4. The number of benzene rings is 2. The number of hydrogen-bond donors (Lipinski definition) is 2. The first-order valence-corrected chi connectivity index (χ1v) is 11.9. The van der Waals surface area contributed by atoms with Gasteiger partial charge in [0.15, 0.2) is 11.6 Å². The lowest BCUT2D eigenvalue weighted by Crippen LogP contribution is -2.28. The van der Waals surface area contributed by atoms with Gasteiger partial charge in [-0.15, -0.1) is 10.2 Å². The molecule has 0 radical (unpaired) electrons. The highest BCUT2D eigenvalue weighted by Gasteiger charge is 2.35. The van der Waals surface area contributed by atoms with E-state index in [1.54, 1.807) is 16.8 Å². The van der Waals surface area contributed by atoms with E-state index in [2.05, 4.69) is 25.9 Å². The summed E-state index contributed by atoms with van der Waals surface area (Å²) < 4.78 is 15.0. The maximum absolute atomic E-state index is 13.2. The second-order valence-electron chi connectivity index (χ2n) is 9.06. The van der Waals surface area contributed by atoms with Crippen LogP contribution in [0, 0.1) is 32.5 Å². The summed E-state index contributed by atoms with van der Waals surface area (Å²) in [5.74, 6) is -0.0490. The number of nitrogens with zero attached hydrogens (tertiary/aromatic N) is 5. The predicted octanol–water partition coefficient (Wildman–Crippen LogP) is 4.46. The van der Waals surface area contributed by atoms with Crippen LogP contribution in [0.5, 0.6) is 0 Å². The Labute approximate surface area is 213 Å². The van der Waals surface area contributed by atoms with Crippen molar-refractivity contribution in [1.82, 2.24) is 20.0 Å². The highest BCUT2D eigenvalue weighted by molar-refractivity contribution is 6.03. The monoisotopic (exact) mass is 499 g/mol. The van der Waals surface area contributed by atoms with Crippen LogP contribution in [0.3, 0.4) is 0 Å². The molecule has 9 nitrogen and oxygen atoms in total. The molecule has 0 aliphatic carbocycles. The van der Waals surface area contributed by atoms with Crippen LogP contribution >= 0.6 is 0 Å². The molecule has 1 atom stereocenters. The van der Waals surface area contributed by atoms with Gasteiger partial charge in [-0.05, 0) is 87.0 Å². The van der Waals surface area contributed by atoms with Crippen molar-refractivity contribution < 1.29 is 14.0 Å². The topological polar surface area (TPSA) is 105 Å². The van der Waals surface area contributed by atoms with Gasteiger partial charge in [0.1, 0.15) is 5.82 Å². The second-order valence-corrected chi connectivity index (χ2v) is 9.06. The number of carbonyl (C=O) groups is 2. The number of aromatic nitrogens is 4. The standard InChI is InChI=1S/C27H26FN7O2/c1-16-17(2)33-35(18(16)3)25-13-12-24(31-32-25)29-21-6-8-22(9-7-21)30-27(37)19-14-26(36)34(15-19)23-10-4-20(28)5-11-23/h4-13,19H,14-15H2,1-3H3,(H,29,31)(H,30,37). The van der Waals surface area contributed by atoms with Crippen LogP contribution < -0.4 is 15.5 Å². The number of halogens is 1. The highest BCUT2D eigenvalue weighted by atomic mass is 19.1. The van der Waals surface area contributed by atoms with Crippen LogP contribution in [0.1, 0.15) is 23.4 Å². The van der Waals surface area contributed by atoms with Crippen molar-refractivity contribution >= 4 is 34.7 Å². The van der Waals surface area contributed by atoms with Gasteiger partial charge in [0.2, 0.25) is 11.8 Å². The van der Waals surface area contributed by atoms with Gasteiger partial charge in [0, 0.05) is 35.7 Å². The molecule has 4 aromatic rings. The quantitative estimate of drug-likeness (QED) is 0.406. The number of hydrogen-bond acceptors (Lipinski definition) is 6. The Balaban J connectivity index is 1.18. The van der Waals surface area contributed by atoms with Crippen molar-refractivity contribution in [3.63, 3.8) is 0 Å². The number of carbonyl (C=O) groups excluding carboxylic acids is 2. The normalized spacial score (nSPS) is 15.2. The molecule has 2 aromatic heterocycles. The van der Waals surface area contributed by atoms with Crippen molar-refractivity contribution in [3.8, 4) is 5.82 Å². The zero-order chi connectivity index (χ0) is 26.1.